The van der Waals surface area contributed by atoms with Crippen LogP contribution in [0.15, 0.2) is 51.6 Å². The van der Waals surface area contributed by atoms with Crippen LogP contribution in [-0.2, 0) is 16.6 Å². The van der Waals surface area contributed by atoms with E-state index in [1.165, 1.54) is 0 Å². The van der Waals surface area contributed by atoms with E-state index in [-0.39, 0.29) is 17.7 Å². The molecule has 1 aromatic carbocycles. The molecule has 2 heterocycles. The molecule has 1 N–H and O–H groups in total. The molecule has 0 saturated heterocycles. The number of aromatic nitrogens is 2. The van der Waals surface area contributed by atoms with Gasteiger partial charge in [-0.1, -0.05) is 44.1 Å². The quantitative estimate of drug-likeness (QED) is 0.753. The number of carbonyl (C=O) groups is 1. The molecule has 0 aliphatic rings. The van der Waals surface area contributed by atoms with E-state index in [1.807, 2.05) is 24.3 Å². The van der Waals surface area contributed by atoms with Crippen molar-refractivity contribution < 1.29 is 13.7 Å². The van der Waals surface area contributed by atoms with Crippen molar-refractivity contribution >= 4 is 11.6 Å². The number of amides is 1. The van der Waals surface area contributed by atoms with Crippen molar-refractivity contribution in [2.24, 2.45) is 0 Å². The highest BCUT2D eigenvalue weighted by Crippen LogP contribution is 2.29. The lowest BCUT2D eigenvalue weighted by Gasteiger charge is -2.22. The number of hydrogen-bond donors (Lipinski definition) is 1. The molecule has 0 bridgehead atoms. The first kappa shape index (κ1) is 17.0. The monoisotopic (exact) mass is 339 g/mol. The molecule has 3 aromatic rings. The highest BCUT2D eigenvalue weighted by atomic mass is 16.5. The minimum Gasteiger partial charge on any atom is -0.461 e. The van der Waals surface area contributed by atoms with Gasteiger partial charge in [0.1, 0.15) is 0 Å². The summed E-state index contributed by atoms with van der Waals surface area (Å²) >= 11 is 0. The van der Waals surface area contributed by atoms with Gasteiger partial charge in [-0.3, -0.25) is 4.79 Å². The van der Waals surface area contributed by atoms with Gasteiger partial charge in [0.05, 0.1) is 6.26 Å². The van der Waals surface area contributed by atoms with Gasteiger partial charge < -0.3 is 14.3 Å². The van der Waals surface area contributed by atoms with Gasteiger partial charge in [0, 0.05) is 18.5 Å². The fourth-order valence-electron chi connectivity index (χ4n) is 2.54. The second kappa shape index (κ2) is 6.93. The van der Waals surface area contributed by atoms with Gasteiger partial charge in [-0.2, -0.15) is 4.98 Å². The normalized spacial score (nSPS) is 11.5. The Morgan fingerprint density at radius 1 is 1.16 bits per heavy atom. The Morgan fingerprint density at radius 3 is 2.68 bits per heavy atom. The first-order valence-corrected chi connectivity index (χ1v) is 8.19. The van der Waals surface area contributed by atoms with Gasteiger partial charge >= 0.3 is 0 Å². The number of anilines is 1. The molecule has 3 rings (SSSR count). The zero-order chi connectivity index (χ0) is 17.9. The van der Waals surface area contributed by atoms with Crippen molar-refractivity contribution in [1.29, 1.82) is 0 Å². The molecule has 130 valence electrons. The lowest BCUT2D eigenvalue weighted by Crippen LogP contribution is -2.18. The number of nitrogens with zero attached hydrogens (tertiary/aromatic N) is 2. The standard InChI is InChI=1S/C19H21N3O3/c1-19(2,3)13-7-4-5-8-14(13)20-16(23)10-11-17-21-18(22-25-17)15-9-6-12-24-15/h4-9,12H,10-11H2,1-3H3,(H,20,23). The van der Waals surface area contributed by atoms with Crippen LogP contribution in [-0.4, -0.2) is 16.0 Å². The summed E-state index contributed by atoms with van der Waals surface area (Å²) in [7, 11) is 0. The fourth-order valence-corrected chi connectivity index (χ4v) is 2.54. The van der Waals surface area contributed by atoms with Crippen LogP contribution in [0.25, 0.3) is 11.6 Å². The summed E-state index contributed by atoms with van der Waals surface area (Å²) in [4.78, 5) is 16.5. The summed E-state index contributed by atoms with van der Waals surface area (Å²) in [6.45, 7) is 6.35. The maximum absolute atomic E-state index is 12.3. The fraction of sp³-hybridized carbons (Fsp3) is 0.316. The largest absolute Gasteiger partial charge is 0.461 e. The molecule has 0 radical (unpaired) electrons. The van der Waals surface area contributed by atoms with Gasteiger partial charge in [0.25, 0.3) is 0 Å². The molecule has 0 aliphatic carbocycles. The number of aryl methyl sites for hydroxylation is 1. The Balaban J connectivity index is 1.61. The summed E-state index contributed by atoms with van der Waals surface area (Å²) in [5.41, 5.74) is 1.89. The van der Waals surface area contributed by atoms with Crippen LogP contribution >= 0.6 is 0 Å². The van der Waals surface area contributed by atoms with Crippen LogP contribution in [0.1, 0.15) is 38.6 Å². The van der Waals surface area contributed by atoms with Crippen molar-refractivity contribution in [2.75, 3.05) is 5.32 Å². The number of hydrogen-bond acceptors (Lipinski definition) is 5. The van der Waals surface area contributed by atoms with Crippen molar-refractivity contribution in [3.63, 3.8) is 0 Å². The maximum atomic E-state index is 12.3. The summed E-state index contributed by atoms with van der Waals surface area (Å²) in [6.07, 6.45) is 2.18. The number of benzene rings is 1. The molecule has 6 heteroatoms. The average Bonchev–Trinajstić information content (AvgIpc) is 3.24. The number of rotatable bonds is 5. The third kappa shape index (κ3) is 4.15. The van der Waals surface area contributed by atoms with E-state index in [4.69, 9.17) is 8.94 Å². The summed E-state index contributed by atoms with van der Waals surface area (Å²) in [5.74, 6) is 1.25. The van der Waals surface area contributed by atoms with E-state index >= 15 is 0 Å². The van der Waals surface area contributed by atoms with Crippen LogP contribution in [0.2, 0.25) is 0 Å². The smallest absolute Gasteiger partial charge is 0.238 e. The molecular formula is C19H21N3O3. The molecule has 0 atom stereocenters. The SMILES string of the molecule is CC(C)(C)c1ccccc1NC(=O)CCc1nc(-c2ccco2)no1. The van der Waals surface area contributed by atoms with Crippen LogP contribution in [0.4, 0.5) is 5.69 Å². The number of furan rings is 1. The predicted octanol–water partition coefficient (Wildman–Crippen LogP) is 4.20. The van der Waals surface area contributed by atoms with Gasteiger partial charge in [0.2, 0.25) is 17.6 Å². The molecule has 0 fully saturated rings. The molecular weight excluding hydrogens is 318 g/mol. The lowest BCUT2D eigenvalue weighted by molar-refractivity contribution is -0.116. The average molecular weight is 339 g/mol. The minimum absolute atomic E-state index is 0.0473. The molecule has 2 aromatic heterocycles. The second-order valence-corrected chi connectivity index (χ2v) is 6.83. The van der Waals surface area contributed by atoms with Crippen molar-refractivity contribution in [2.45, 2.75) is 39.0 Å². The van der Waals surface area contributed by atoms with Gasteiger partial charge in [-0.25, -0.2) is 0 Å². The van der Waals surface area contributed by atoms with Crippen molar-refractivity contribution in [3.8, 4) is 11.6 Å². The second-order valence-electron chi connectivity index (χ2n) is 6.83. The van der Waals surface area contributed by atoms with E-state index in [1.54, 1.807) is 18.4 Å². The predicted molar refractivity (Wildman–Crippen MR) is 94.1 cm³/mol. The number of carbonyl (C=O) groups excluding carboxylic acids is 1. The Labute approximate surface area is 146 Å². The molecule has 6 nitrogen and oxygen atoms in total. The summed E-state index contributed by atoms with van der Waals surface area (Å²) < 4.78 is 10.4. The third-order valence-corrected chi connectivity index (χ3v) is 3.78. The van der Waals surface area contributed by atoms with Crippen LogP contribution in [0, 0.1) is 0 Å². The van der Waals surface area contributed by atoms with Crippen LogP contribution < -0.4 is 5.32 Å². The molecule has 0 unspecified atom stereocenters. The van der Waals surface area contributed by atoms with Gasteiger partial charge in [0.15, 0.2) is 5.76 Å². The first-order valence-electron chi connectivity index (χ1n) is 8.19. The van der Waals surface area contributed by atoms with Gasteiger partial charge in [-0.15, -0.1) is 0 Å². The Morgan fingerprint density at radius 2 is 1.96 bits per heavy atom. The number of nitrogens with one attached hydrogen (secondary N) is 1. The molecule has 25 heavy (non-hydrogen) atoms. The van der Waals surface area contributed by atoms with Crippen molar-refractivity contribution in [3.05, 3.63) is 54.1 Å². The third-order valence-electron chi connectivity index (χ3n) is 3.78. The van der Waals surface area contributed by atoms with Crippen LogP contribution in [0.3, 0.4) is 0 Å². The number of para-hydroxylation sites is 1. The zero-order valence-corrected chi connectivity index (χ0v) is 14.6. The lowest BCUT2D eigenvalue weighted by atomic mass is 9.86. The maximum Gasteiger partial charge on any atom is 0.238 e. The highest BCUT2D eigenvalue weighted by Gasteiger charge is 2.19. The van der Waals surface area contributed by atoms with E-state index < -0.39 is 0 Å². The van der Waals surface area contributed by atoms with E-state index in [9.17, 15) is 4.79 Å². The molecule has 1 amide bonds. The minimum atomic E-state index is -0.0885. The molecule has 0 saturated carbocycles. The molecule has 0 aliphatic heterocycles. The summed E-state index contributed by atoms with van der Waals surface area (Å²) in [6, 6.07) is 11.4. The van der Waals surface area contributed by atoms with E-state index in [2.05, 4.69) is 36.2 Å². The zero-order valence-electron chi connectivity index (χ0n) is 14.6. The van der Waals surface area contributed by atoms with E-state index in [0.29, 0.717) is 23.9 Å². The highest BCUT2D eigenvalue weighted by molar-refractivity contribution is 5.91. The Kier molecular flexibility index (Phi) is 4.70. The first-order chi connectivity index (χ1) is 11.9. The topological polar surface area (TPSA) is 81.2 Å². The molecule has 0 spiro atoms. The Bertz CT molecular complexity index is 845. The Hall–Kier alpha value is -2.89. The summed E-state index contributed by atoms with van der Waals surface area (Å²) in [5, 5.41) is 6.83. The van der Waals surface area contributed by atoms with Gasteiger partial charge in [-0.05, 0) is 29.2 Å². The van der Waals surface area contributed by atoms with Crippen molar-refractivity contribution in [1.82, 2.24) is 10.1 Å². The van der Waals surface area contributed by atoms with E-state index in [0.717, 1.165) is 11.3 Å². The van der Waals surface area contributed by atoms with Crippen LogP contribution in [0.5, 0.6) is 0 Å².